The first-order valence-corrected chi connectivity index (χ1v) is 8.54. The monoisotopic (exact) mass is 282 g/mol. The Morgan fingerprint density at radius 1 is 1.22 bits per heavy atom. The van der Waals surface area contributed by atoms with Crippen molar-refractivity contribution in [2.24, 2.45) is 0 Å². The molecule has 0 bridgehead atoms. The van der Waals surface area contributed by atoms with Gasteiger partial charge in [0.2, 0.25) is 0 Å². The minimum absolute atomic E-state index is 0.153. The summed E-state index contributed by atoms with van der Waals surface area (Å²) in [7, 11) is -1.13. The molecule has 2 nitrogen and oxygen atoms in total. The lowest BCUT2D eigenvalue weighted by Gasteiger charge is -2.33. The molecule has 2 rings (SSSR count). The molecular formula is C14H18O2S2. The Labute approximate surface area is 115 Å². The summed E-state index contributed by atoms with van der Waals surface area (Å²) in [4.78, 5) is 13.2. The number of Topliss-reactive ketones (excluding diaryl/α,β-unsaturated/α-hetero) is 1. The van der Waals surface area contributed by atoms with E-state index in [2.05, 4.69) is 0 Å². The molecule has 1 saturated carbocycles. The molecule has 4 heteroatoms. The van der Waals surface area contributed by atoms with E-state index in [1.807, 2.05) is 31.2 Å². The standard InChI is InChI=1S/C14H18O2S2/c1-11-6-8-12(9-7-11)17-14(18(2)16)10-4-3-5-13(14)15/h6-9H,3-5,10H2,1-2H3/t14-,18-/m0/s1. The maximum absolute atomic E-state index is 12.2. The average molecular weight is 282 g/mol. The first-order chi connectivity index (χ1) is 8.54. The lowest BCUT2D eigenvalue weighted by molar-refractivity contribution is -0.120. The number of thioether (sulfide) groups is 1. The zero-order valence-corrected chi connectivity index (χ0v) is 12.4. The maximum Gasteiger partial charge on any atom is 0.161 e. The van der Waals surface area contributed by atoms with Gasteiger partial charge < -0.3 is 0 Å². The number of benzene rings is 1. The van der Waals surface area contributed by atoms with Crippen molar-refractivity contribution in [3.8, 4) is 0 Å². The van der Waals surface area contributed by atoms with E-state index in [9.17, 15) is 9.00 Å². The molecule has 1 aromatic rings. The highest BCUT2D eigenvalue weighted by atomic mass is 32.2. The third-order valence-electron chi connectivity index (χ3n) is 3.35. The zero-order chi connectivity index (χ0) is 13.2. The number of hydrogen-bond donors (Lipinski definition) is 0. The van der Waals surface area contributed by atoms with Crippen LogP contribution in [0.3, 0.4) is 0 Å². The van der Waals surface area contributed by atoms with Gasteiger partial charge in [-0.25, -0.2) is 0 Å². The first kappa shape index (κ1) is 13.8. The average Bonchev–Trinajstić information content (AvgIpc) is 2.35. The van der Waals surface area contributed by atoms with E-state index in [4.69, 9.17) is 0 Å². The van der Waals surface area contributed by atoms with Gasteiger partial charge in [-0.3, -0.25) is 9.00 Å². The molecule has 1 aliphatic carbocycles. The minimum Gasteiger partial charge on any atom is -0.297 e. The molecule has 0 unspecified atom stereocenters. The highest BCUT2D eigenvalue weighted by Crippen LogP contribution is 2.43. The summed E-state index contributed by atoms with van der Waals surface area (Å²) < 4.78 is 11.4. The fourth-order valence-corrected chi connectivity index (χ4v) is 4.97. The van der Waals surface area contributed by atoms with Gasteiger partial charge in [-0.1, -0.05) is 35.9 Å². The predicted molar refractivity (Wildman–Crippen MR) is 77.3 cm³/mol. The highest BCUT2D eigenvalue weighted by Gasteiger charge is 2.44. The molecule has 0 saturated heterocycles. The molecule has 0 aromatic heterocycles. The molecular weight excluding hydrogens is 264 g/mol. The second-order valence-electron chi connectivity index (χ2n) is 4.75. The summed E-state index contributed by atoms with van der Waals surface area (Å²) in [6.45, 7) is 2.04. The second kappa shape index (κ2) is 5.57. The number of aryl methyl sites for hydroxylation is 1. The van der Waals surface area contributed by atoms with Crippen molar-refractivity contribution in [1.29, 1.82) is 0 Å². The summed E-state index contributed by atoms with van der Waals surface area (Å²) in [6, 6.07) is 8.08. The number of carbonyl (C=O) groups is 1. The number of carbonyl (C=O) groups excluding carboxylic acids is 1. The largest absolute Gasteiger partial charge is 0.297 e. The molecule has 0 radical (unpaired) electrons. The van der Waals surface area contributed by atoms with Gasteiger partial charge in [0.15, 0.2) is 9.86 Å². The molecule has 0 spiro atoms. The molecule has 0 aliphatic heterocycles. The summed E-state index contributed by atoms with van der Waals surface area (Å²) in [5.41, 5.74) is 1.20. The van der Waals surface area contributed by atoms with E-state index < -0.39 is 14.9 Å². The normalized spacial score (nSPS) is 26.0. The van der Waals surface area contributed by atoms with Crippen LogP contribution in [0.4, 0.5) is 0 Å². The van der Waals surface area contributed by atoms with Gasteiger partial charge >= 0.3 is 0 Å². The van der Waals surface area contributed by atoms with Crippen LogP contribution in [0.25, 0.3) is 0 Å². The van der Waals surface area contributed by atoms with Crippen molar-refractivity contribution in [2.45, 2.75) is 41.6 Å². The van der Waals surface area contributed by atoms with Crippen LogP contribution in [-0.2, 0) is 15.6 Å². The third-order valence-corrected chi connectivity index (χ3v) is 6.94. The molecule has 1 fully saturated rings. The Kier molecular flexibility index (Phi) is 4.28. The van der Waals surface area contributed by atoms with Crippen LogP contribution in [0, 0.1) is 6.92 Å². The van der Waals surface area contributed by atoms with E-state index in [0.29, 0.717) is 6.42 Å². The van der Waals surface area contributed by atoms with E-state index in [0.717, 1.165) is 24.2 Å². The molecule has 1 aliphatic rings. The van der Waals surface area contributed by atoms with E-state index in [1.165, 1.54) is 17.3 Å². The Morgan fingerprint density at radius 2 is 1.89 bits per heavy atom. The molecule has 2 atom stereocenters. The fraction of sp³-hybridized carbons (Fsp3) is 0.500. The lowest BCUT2D eigenvalue weighted by Crippen LogP contribution is -2.41. The molecule has 18 heavy (non-hydrogen) atoms. The third kappa shape index (κ3) is 2.69. The van der Waals surface area contributed by atoms with Crippen molar-refractivity contribution in [2.75, 3.05) is 6.26 Å². The SMILES string of the molecule is Cc1ccc(S[C@]2([S@](C)=O)CCCCC2=O)cc1. The van der Waals surface area contributed by atoms with Gasteiger partial charge in [-0.15, -0.1) is 0 Å². The Balaban J connectivity index is 2.28. The zero-order valence-electron chi connectivity index (χ0n) is 10.8. The summed E-state index contributed by atoms with van der Waals surface area (Å²) in [5, 5.41) is 0. The molecule has 0 amide bonds. The van der Waals surface area contributed by atoms with E-state index in [1.54, 1.807) is 6.26 Å². The summed E-state index contributed by atoms with van der Waals surface area (Å²) in [5.74, 6) is 0.153. The van der Waals surface area contributed by atoms with Crippen molar-refractivity contribution in [1.82, 2.24) is 0 Å². The van der Waals surface area contributed by atoms with Crippen LogP contribution in [0.2, 0.25) is 0 Å². The van der Waals surface area contributed by atoms with Gasteiger partial charge in [0.25, 0.3) is 0 Å². The van der Waals surface area contributed by atoms with Gasteiger partial charge in [-0.2, -0.15) is 0 Å². The van der Waals surface area contributed by atoms with Crippen LogP contribution >= 0.6 is 11.8 Å². The number of ketones is 1. The van der Waals surface area contributed by atoms with E-state index in [-0.39, 0.29) is 5.78 Å². The molecule has 1 aromatic carbocycles. The van der Waals surface area contributed by atoms with Gasteiger partial charge in [0, 0.05) is 28.4 Å². The minimum atomic E-state index is -1.13. The first-order valence-electron chi connectivity index (χ1n) is 6.17. The topological polar surface area (TPSA) is 34.1 Å². The van der Waals surface area contributed by atoms with Crippen molar-refractivity contribution >= 4 is 28.3 Å². The highest BCUT2D eigenvalue weighted by molar-refractivity contribution is 8.13. The molecule has 0 heterocycles. The van der Waals surface area contributed by atoms with Crippen molar-refractivity contribution in [3.05, 3.63) is 29.8 Å². The summed E-state index contributed by atoms with van der Waals surface area (Å²) in [6.07, 6.45) is 4.88. The van der Waals surface area contributed by atoms with Crippen LogP contribution in [0.5, 0.6) is 0 Å². The van der Waals surface area contributed by atoms with Gasteiger partial charge in [0.05, 0.1) is 0 Å². The number of rotatable bonds is 3. The van der Waals surface area contributed by atoms with Crippen LogP contribution in [0.15, 0.2) is 29.2 Å². The maximum atomic E-state index is 12.2. The van der Waals surface area contributed by atoms with Crippen LogP contribution in [0.1, 0.15) is 31.2 Å². The summed E-state index contributed by atoms with van der Waals surface area (Å²) >= 11 is 1.49. The van der Waals surface area contributed by atoms with Gasteiger partial charge in [0.1, 0.15) is 0 Å². The molecule has 0 N–H and O–H groups in total. The predicted octanol–water partition coefficient (Wildman–Crippen LogP) is 3.31. The van der Waals surface area contributed by atoms with Crippen molar-refractivity contribution in [3.63, 3.8) is 0 Å². The second-order valence-corrected chi connectivity index (χ2v) is 7.99. The fourth-order valence-electron chi connectivity index (χ4n) is 2.24. The van der Waals surface area contributed by atoms with Gasteiger partial charge in [-0.05, 0) is 31.9 Å². The lowest BCUT2D eigenvalue weighted by atomic mass is 9.98. The van der Waals surface area contributed by atoms with Crippen LogP contribution in [-0.4, -0.2) is 20.3 Å². The smallest absolute Gasteiger partial charge is 0.161 e. The van der Waals surface area contributed by atoms with Crippen LogP contribution < -0.4 is 0 Å². The Bertz CT molecular complexity index is 467. The molecule has 98 valence electrons. The number of hydrogen-bond acceptors (Lipinski definition) is 3. The Hall–Kier alpha value is -0.610. The van der Waals surface area contributed by atoms with Crippen molar-refractivity contribution < 1.29 is 9.00 Å². The van der Waals surface area contributed by atoms with E-state index >= 15 is 0 Å². The Morgan fingerprint density at radius 3 is 2.44 bits per heavy atom. The quantitative estimate of drug-likeness (QED) is 0.853.